The fourth-order valence-electron chi connectivity index (χ4n) is 5.20. The normalized spacial score (nSPS) is 17.5. The molecular formula is C26H22ClFN6O3. The van der Waals surface area contributed by atoms with Gasteiger partial charge >= 0.3 is 0 Å². The molecule has 1 aromatic heterocycles. The third-order valence-electron chi connectivity index (χ3n) is 7.00. The van der Waals surface area contributed by atoms with Crippen LogP contribution in [0.5, 0.6) is 0 Å². The predicted octanol–water partition coefficient (Wildman–Crippen LogP) is 3.07. The maximum absolute atomic E-state index is 13.8. The van der Waals surface area contributed by atoms with E-state index in [0.717, 1.165) is 0 Å². The first kappa shape index (κ1) is 24.5. The molecule has 1 saturated heterocycles. The van der Waals surface area contributed by atoms with Gasteiger partial charge in [-0.15, -0.1) is 0 Å². The Morgan fingerprint density at radius 3 is 2.51 bits per heavy atom. The maximum atomic E-state index is 13.8. The Balaban J connectivity index is 1.56. The Morgan fingerprint density at radius 2 is 1.92 bits per heavy atom. The van der Waals surface area contributed by atoms with Crippen LogP contribution in [-0.2, 0) is 21.5 Å². The van der Waals surface area contributed by atoms with Gasteiger partial charge < -0.3 is 16.0 Å². The number of amides is 3. The fraction of sp³-hybridized carbons (Fsp3) is 0.269. The number of anilines is 1. The number of hydrogen-bond donors (Lipinski definition) is 2. The van der Waals surface area contributed by atoms with Crippen molar-refractivity contribution in [3.8, 4) is 17.3 Å². The van der Waals surface area contributed by atoms with Crippen LogP contribution in [0.25, 0.3) is 11.3 Å². The molecule has 1 fully saturated rings. The number of rotatable bonds is 4. The molecule has 0 radical (unpaired) electrons. The van der Waals surface area contributed by atoms with Gasteiger partial charge in [0.05, 0.1) is 33.5 Å². The Hall–Kier alpha value is -4.23. The van der Waals surface area contributed by atoms with Gasteiger partial charge in [0.15, 0.2) is 0 Å². The monoisotopic (exact) mass is 520 g/mol. The number of primary amides is 1. The second-order valence-electron chi connectivity index (χ2n) is 9.46. The molecule has 0 bridgehead atoms. The summed E-state index contributed by atoms with van der Waals surface area (Å²) in [5.74, 6) is -2.26. The topological polar surface area (TPSA) is 134 Å². The minimum absolute atomic E-state index is 0.107. The number of hydrogen-bond acceptors (Lipinski definition) is 5. The predicted molar refractivity (Wildman–Crippen MR) is 133 cm³/mol. The molecule has 3 aromatic rings. The number of benzene rings is 2. The highest BCUT2D eigenvalue weighted by Crippen LogP contribution is 2.44. The summed E-state index contributed by atoms with van der Waals surface area (Å²) in [5, 5.41) is 16.5. The SMILES string of the molecule is CC(=O)N1CC2(CC(C(=O)Nc3ccc(C#N)cc3)Cc3c(C(N)=O)c(-c4ccc(F)c(Cl)c4)nn32)C1. The largest absolute Gasteiger partial charge is 0.365 e. The van der Waals surface area contributed by atoms with Crippen molar-refractivity contribution < 1.29 is 18.8 Å². The molecule has 9 nitrogen and oxygen atoms in total. The third-order valence-corrected chi connectivity index (χ3v) is 7.29. The number of likely N-dealkylation sites (tertiary alicyclic amines) is 1. The van der Waals surface area contributed by atoms with Gasteiger partial charge in [-0.25, -0.2) is 4.39 Å². The highest BCUT2D eigenvalue weighted by atomic mass is 35.5. The van der Waals surface area contributed by atoms with Gasteiger partial charge in [0, 0.05) is 43.6 Å². The van der Waals surface area contributed by atoms with Gasteiger partial charge in [0.1, 0.15) is 11.5 Å². The second-order valence-corrected chi connectivity index (χ2v) is 9.87. The minimum atomic E-state index is -0.734. The van der Waals surface area contributed by atoms with Gasteiger partial charge in [0.25, 0.3) is 5.91 Å². The second kappa shape index (κ2) is 9.01. The summed E-state index contributed by atoms with van der Waals surface area (Å²) in [7, 11) is 0. The number of nitriles is 1. The smallest absolute Gasteiger partial charge is 0.252 e. The first-order chi connectivity index (χ1) is 17.6. The van der Waals surface area contributed by atoms with Crippen molar-refractivity contribution in [1.82, 2.24) is 14.7 Å². The van der Waals surface area contributed by atoms with Gasteiger partial charge in [-0.2, -0.15) is 10.4 Å². The summed E-state index contributed by atoms with van der Waals surface area (Å²) >= 11 is 5.99. The molecule has 2 aliphatic heterocycles. The van der Waals surface area contributed by atoms with Gasteiger partial charge in [-0.05, 0) is 48.9 Å². The molecule has 2 aromatic carbocycles. The van der Waals surface area contributed by atoms with Crippen LogP contribution in [0.3, 0.4) is 0 Å². The van der Waals surface area contributed by atoms with Crippen LogP contribution in [0, 0.1) is 23.1 Å². The molecule has 5 rings (SSSR count). The third kappa shape index (κ3) is 4.21. The molecule has 2 aliphatic rings. The first-order valence-electron chi connectivity index (χ1n) is 11.6. The van der Waals surface area contributed by atoms with E-state index in [9.17, 15) is 18.8 Å². The van der Waals surface area contributed by atoms with Crippen LogP contribution >= 0.6 is 11.6 Å². The summed E-state index contributed by atoms with van der Waals surface area (Å²) in [5.41, 5.74) is 7.37. The lowest BCUT2D eigenvalue weighted by atomic mass is 9.75. The average Bonchev–Trinajstić information content (AvgIpc) is 3.24. The summed E-state index contributed by atoms with van der Waals surface area (Å²) < 4.78 is 15.5. The molecule has 1 atom stereocenters. The number of nitrogens with one attached hydrogen (secondary N) is 1. The molecule has 1 unspecified atom stereocenters. The Bertz CT molecular complexity index is 1490. The van der Waals surface area contributed by atoms with Crippen LogP contribution in [0.1, 0.15) is 35.0 Å². The molecule has 3 heterocycles. The van der Waals surface area contributed by atoms with E-state index in [4.69, 9.17) is 27.7 Å². The van der Waals surface area contributed by atoms with E-state index >= 15 is 0 Å². The number of carbonyl (C=O) groups is 3. The van der Waals surface area contributed by atoms with Crippen molar-refractivity contribution in [2.45, 2.75) is 25.3 Å². The van der Waals surface area contributed by atoms with Crippen LogP contribution < -0.4 is 11.1 Å². The number of carbonyl (C=O) groups excluding carboxylic acids is 3. The van der Waals surface area contributed by atoms with Gasteiger partial charge in [-0.1, -0.05) is 11.6 Å². The van der Waals surface area contributed by atoms with E-state index in [1.54, 1.807) is 33.8 Å². The van der Waals surface area contributed by atoms with Crippen molar-refractivity contribution in [2.75, 3.05) is 18.4 Å². The molecule has 37 heavy (non-hydrogen) atoms. The number of nitrogens with two attached hydrogens (primary N) is 1. The number of fused-ring (bicyclic) bond motifs is 2. The van der Waals surface area contributed by atoms with E-state index in [1.807, 2.05) is 6.07 Å². The molecule has 188 valence electrons. The van der Waals surface area contributed by atoms with E-state index in [1.165, 1.54) is 25.1 Å². The zero-order valence-electron chi connectivity index (χ0n) is 19.8. The standard InChI is InChI=1S/C26H22ClFN6O3/c1-14(35)33-12-26(13-33)10-17(25(37)31-18-5-2-15(11-29)3-6-18)9-21-22(24(30)36)23(32-34(21)26)16-4-7-20(28)19(27)8-16/h2-8,17H,9-10,12-13H2,1H3,(H2,30,36)(H,31,37). The molecule has 0 aliphatic carbocycles. The number of nitrogens with zero attached hydrogens (tertiary/aromatic N) is 4. The zero-order chi connectivity index (χ0) is 26.5. The highest BCUT2D eigenvalue weighted by molar-refractivity contribution is 6.31. The van der Waals surface area contributed by atoms with Crippen LogP contribution in [0.2, 0.25) is 5.02 Å². The van der Waals surface area contributed by atoms with Crippen LogP contribution in [0.15, 0.2) is 42.5 Å². The van der Waals surface area contributed by atoms with Crippen molar-refractivity contribution in [3.63, 3.8) is 0 Å². The van der Waals surface area contributed by atoms with E-state index in [2.05, 4.69) is 5.32 Å². The lowest BCUT2D eigenvalue weighted by molar-refractivity contribution is -0.143. The molecular weight excluding hydrogens is 499 g/mol. The van der Waals surface area contributed by atoms with Crippen LogP contribution in [0.4, 0.5) is 10.1 Å². The fourth-order valence-corrected chi connectivity index (χ4v) is 5.38. The van der Waals surface area contributed by atoms with Crippen LogP contribution in [-0.4, -0.2) is 45.5 Å². The van der Waals surface area contributed by atoms with Crippen molar-refractivity contribution >= 4 is 35.0 Å². The zero-order valence-corrected chi connectivity index (χ0v) is 20.6. The summed E-state index contributed by atoms with van der Waals surface area (Å²) in [6.07, 6.45) is 0.569. The quantitative estimate of drug-likeness (QED) is 0.545. The van der Waals surface area contributed by atoms with Crippen molar-refractivity contribution in [1.29, 1.82) is 5.26 Å². The van der Waals surface area contributed by atoms with E-state index in [0.29, 0.717) is 42.0 Å². The lowest BCUT2D eigenvalue weighted by Gasteiger charge is -2.53. The van der Waals surface area contributed by atoms with Gasteiger partial charge in [0.2, 0.25) is 11.8 Å². The Labute approximate surface area is 216 Å². The van der Waals surface area contributed by atoms with Gasteiger partial charge in [-0.3, -0.25) is 19.1 Å². The maximum Gasteiger partial charge on any atom is 0.252 e. The molecule has 3 amide bonds. The van der Waals surface area contributed by atoms with Crippen molar-refractivity contribution in [2.24, 2.45) is 11.7 Å². The number of aromatic nitrogens is 2. The lowest BCUT2D eigenvalue weighted by Crippen LogP contribution is -2.66. The Morgan fingerprint density at radius 1 is 1.22 bits per heavy atom. The summed E-state index contributed by atoms with van der Waals surface area (Å²) in [6.45, 7) is 2.11. The average molecular weight is 521 g/mol. The molecule has 1 spiro atoms. The van der Waals surface area contributed by atoms with E-state index < -0.39 is 23.2 Å². The first-order valence-corrected chi connectivity index (χ1v) is 11.9. The summed E-state index contributed by atoms with van der Waals surface area (Å²) in [6, 6.07) is 12.6. The number of halogens is 2. The molecule has 11 heteroatoms. The van der Waals surface area contributed by atoms with E-state index in [-0.39, 0.29) is 34.5 Å². The highest BCUT2D eigenvalue weighted by Gasteiger charge is 2.53. The summed E-state index contributed by atoms with van der Waals surface area (Å²) in [4.78, 5) is 39.7. The molecule has 3 N–H and O–H groups in total. The minimum Gasteiger partial charge on any atom is -0.365 e. The van der Waals surface area contributed by atoms with Crippen molar-refractivity contribution in [3.05, 3.63) is 70.1 Å². The Kier molecular flexibility index (Phi) is 5.96. The molecule has 0 saturated carbocycles.